The summed E-state index contributed by atoms with van der Waals surface area (Å²) in [5, 5.41) is 17.8. The van der Waals surface area contributed by atoms with Crippen LogP contribution in [0.2, 0.25) is 5.02 Å². The van der Waals surface area contributed by atoms with Gasteiger partial charge in [-0.05, 0) is 48.4 Å². The van der Waals surface area contributed by atoms with Crippen LogP contribution in [0.1, 0.15) is 30.0 Å². The third-order valence-electron chi connectivity index (χ3n) is 4.68. The van der Waals surface area contributed by atoms with Crippen LogP contribution in [0.5, 0.6) is 0 Å². The van der Waals surface area contributed by atoms with Crippen molar-refractivity contribution in [2.24, 2.45) is 11.0 Å². The number of hydrogen-bond acceptors (Lipinski definition) is 6. The highest BCUT2D eigenvalue weighted by molar-refractivity contribution is 6.31. The number of nitrogens with zero attached hydrogens (tertiary/aromatic N) is 2. The Labute approximate surface area is 194 Å². The van der Waals surface area contributed by atoms with Crippen LogP contribution in [0, 0.1) is 16.0 Å². The molecule has 0 aliphatic rings. The van der Waals surface area contributed by atoms with Gasteiger partial charge in [-0.2, -0.15) is 5.10 Å². The average Bonchev–Trinajstić information content (AvgIpc) is 3.26. The third kappa shape index (κ3) is 6.27. The highest BCUT2D eigenvalue weighted by Crippen LogP contribution is 2.24. The Balaban J connectivity index is 1.62. The molecule has 2 N–H and O–H groups in total. The fraction of sp³-hybridized carbons (Fsp3) is 0.174. The molecule has 1 aromatic heterocycles. The van der Waals surface area contributed by atoms with Crippen LogP contribution in [0.25, 0.3) is 11.3 Å². The van der Waals surface area contributed by atoms with Crippen molar-refractivity contribution < 1.29 is 18.9 Å². The molecule has 33 heavy (non-hydrogen) atoms. The molecule has 3 rings (SSSR count). The van der Waals surface area contributed by atoms with E-state index >= 15 is 0 Å². The van der Waals surface area contributed by atoms with E-state index in [1.54, 1.807) is 56.3 Å². The predicted octanol–water partition coefficient (Wildman–Crippen LogP) is 4.41. The molecule has 0 bridgehead atoms. The number of rotatable bonds is 8. The second kappa shape index (κ2) is 10.6. The first-order chi connectivity index (χ1) is 15.7. The fourth-order valence-electron chi connectivity index (χ4n) is 2.94. The Bertz CT molecular complexity index is 1190. The summed E-state index contributed by atoms with van der Waals surface area (Å²) < 4.78 is 5.64. The Hall–Kier alpha value is -3.98. The zero-order chi connectivity index (χ0) is 24.0. The minimum atomic E-state index is -0.819. The molecular weight excluding hydrogens is 448 g/mol. The van der Waals surface area contributed by atoms with Gasteiger partial charge in [-0.3, -0.25) is 19.7 Å². The molecule has 0 radical (unpaired) electrons. The van der Waals surface area contributed by atoms with Gasteiger partial charge in [0.25, 0.3) is 17.5 Å². The van der Waals surface area contributed by atoms with Crippen LogP contribution < -0.4 is 10.7 Å². The van der Waals surface area contributed by atoms with Crippen molar-refractivity contribution in [3.63, 3.8) is 0 Å². The molecule has 0 spiro atoms. The van der Waals surface area contributed by atoms with E-state index in [0.717, 1.165) is 0 Å². The topological polar surface area (TPSA) is 127 Å². The summed E-state index contributed by atoms with van der Waals surface area (Å²) >= 11 is 5.92. The minimum absolute atomic E-state index is 0.0167. The maximum Gasteiger partial charge on any atom is 0.269 e. The zero-order valence-electron chi connectivity index (χ0n) is 17.8. The molecule has 0 aliphatic carbocycles. The smallest absolute Gasteiger partial charge is 0.269 e. The van der Waals surface area contributed by atoms with E-state index in [4.69, 9.17) is 16.0 Å². The second-order valence-electron chi connectivity index (χ2n) is 7.45. The molecule has 0 aliphatic heterocycles. The Morgan fingerprint density at radius 3 is 2.48 bits per heavy atom. The summed E-state index contributed by atoms with van der Waals surface area (Å²) in [4.78, 5) is 35.3. The number of nitro benzene ring substituents is 1. The van der Waals surface area contributed by atoms with E-state index in [0.29, 0.717) is 27.7 Å². The third-order valence-corrected chi connectivity index (χ3v) is 4.91. The zero-order valence-corrected chi connectivity index (χ0v) is 18.6. The van der Waals surface area contributed by atoms with E-state index in [1.165, 1.54) is 24.4 Å². The van der Waals surface area contributed by atoms with E-state index in [9.17, 15) is 19.7 Å². The van der Waals surface area contributed by atoms with Crippen molar-refractivity contribution in [1.82, 2.24) is 10.7 Å². The van der Waals surface area contributed by atoms with Crippen LogP contribution in [0.15, 0.2) is 70.2 Å². The lowest BCUT2D eigenvalue weighted by Crippen LogP contribution is -2.48. The highest BCUT2D eigenvalue weighted by atomic mass is 35.5. The van der Waals surface area contributed by atoms with Gasteiger partial charge in [0.2, 0.25) is 0 Å². The molecular formula is C23H21ClN4O5. The van der Waals surface area contributed by atoms with Gasteiger partial charge < -0.3 is 9.73 Å². The van der Waals surface area contributed by atoms with E-state index in [2.05, 4.69) is 15.8 Å². The summed E-state index contributed by atoms with van der Waals surface area (Å²) in [5.41, 5.74) is 3.39. The lowest BCUT2D eigenvalue weighted by molar-refractivity contribution is -0.384. The molecule has 0 saturated heterocycles. The van der Waals surface area contributed by atoms with Gasteiger partial charge in [0, 0.05) is 28.3 Å². The number of hydrazone groups is 1. The Kier molecular flexibility index (Phi) is 7.57. The van der Waals surface area contributed by atoms with E-state index < -0.39 is 22.8 Å². The van der Waals surface area contributed by atoms with Gasteiger partial charge in [-0.1, -0.05) is 31.5 Å². The monoisotopic (exact) mass is 468 g/mol. The molecule has 170 valence electrons. The van der Waals surface area contributed by atoms with Crippen molar-refractivity contribution >= 4 is 35.3 Å². The number of halogens is 1. The maximum absolute atomic E-state index is 12.6. The Morgan fingerprint density at radius 1 is 1.12 bits per heavy atom. The number of carbonyl (C=O) groups excluding carboxylic acids is 2. The number of hydrogen-bond donors (Lipinski definition) is 2. The second-order valence-corrected chi connectivity index (χ2v) is 7.88. The van der Waals surface area contributed by atoms with Gasteiger partial charge in [0.05, 0.1) is 11.1 Å². The molecule has 9 nitrogen and oxygen atoms in total. The number of carbonyl (C=O) groups is 2. The summed E-state index contributed by atoms with van der Waals surface area (Å²) in [6.07, 6.45) is 1.32. The Morgan fingerprint density at radius 2 is 1.85 bits per heavy atom. The van der Waals surface area contributed by atoms with Crippen LogP contribution in [0.4, 0.5) is 5.69 Å². The standard InChI is InChI=1S/C23H21ClN4O5/c1-14(2)21(26-22(29)16-4-3-5-17(24)12-16)23(30)27-25-13-19-10-11-20(33-19)15-6-8-18(9-7-15)28(31)32/h3-14,21H,1-2H3,(H,26,29)(H,27,30)/b25-13-. The van der Waals surface area contributed by atoms with E-state index in [1.807, 2.05) is 0 Å². The first kappa shape index (κ1) is 23.7. The predicted molar refractivity (Wildman–Crippen MR) is 124 cm³/mol. The molecule has 1 unspecified atom stereocenters. The molecule has 0 fully saturated rings. The van der Waals surface area contributed by atoms with Crippen LogP contribution in [-0.2, 0) is 4.79 Å². The lowest BCUT2D eigenvalue weighted by atomic mass is 10.0. The van der Waals surface area contributed by atoms with Crippen LogP contribution >= 0.6 is 11.6 Å². The van der Waals surface area contributed by atoms with Crippen molar-refractivity contribution in [3.8, 4) is 11.3 Å². The van der Waals surface area contributed by atoms with Gasteiger partial charge in [-0.15, -0.1) is 0 Å². The van der Waals surface area contributed by atoms with Gasteiger partial charge in [0.1, 0.15) is 17.6 Å². The van der Waals surface area contributed by atoms with Gasteiger partial charge in [-0.25, -0.2) is 5.43 Å². The molecule has 2 aromatic carbocycles. The van der Waals surface area contributed by atoms with E-state index in [-0.39, 0.29) is 11.6 Å². The SMILES string of the molecule is CC(C)C(NC(=O)c1cccc(Cl)c1)C(=O)N/N=C\c1ccc(-c2ccc([N+](=O)[O-])cc2)o1. The number of nitro groups is 1. The summed E-state index contributed by atoms with van der Waals surface area (Å²) in [7, 11) is 0. The minimum Gasteiger partial charge on any atom is -0.455 e. The quantitative estimate of drug-likeness (QED) is 0.287. The number of benzene rings is 2. The first-order valence-electron chi connectivity index (χ1n) is 9.98. The fourth-order valence-corrected chi connectivity index (χ4v) is 3.13. The average molecular weight is 469 g/mol. The van der Waals surface area contributed by atoms with Crippen molar-refractivity contribution in [1.29, 1.82) is 0 Å². The summed E-state index contributed by atoms with van der Waals surface area (Å²) in [6, 6.07) is 14.9. The van der Waals surface area contributed by atoms with Crippen molar-refractivity contribution in [2.45, 2.75) is 19.9 Å². The maximum atomic E-state index is 12.6. The van der Waals surface area contributed by atoms with Crippen LogP contribution in [-0.4, -0.2) is 29.0 Å². The molecule has 2 amide bonds. The van der Waals surface area contributed by atoms with Gasteiger partial charge in [0.15, 0.2) is 0 Å². The normalized spacial score (nSPS) is 12.0. The number of non-ortho nitro benzene ring substituents is 1. The van der Waals surface area contributed by atoms with Gasteiger partial charge >= 0.3 is 0 Å². The number of amides is 2. The largest absolute Gasteiger partial charge is 0.455 e. The highest BCUT2D eigenvalue weighted by Gasteiger charge is 2.24. The molecule has 0 saturated carbocycles. The lowest BCUT2D eigenvalue weighted by Gasteiger charge is -2.20. The number of furan rings is 1. The molecule has 3 aromatic rings. The van der Waals surface area contributed by atoms with Crippen molar-refractivity contribution in [2.75, 3.05) is 0 Å². The van der Waals surface area contributed by atoms with Crippen LogP contribution in [0.3, 0.4) is 0 Å². The first-order valence-corrected chi connectivity index (χ1v) is 10.4. The molecule has 1 atom stereocenters. The molecule has 10 heteroatoms. The summed E-state index contributed by atoms with van der Waals surface area (Å²) in [6.45, 7) is 3.60. The molecule has 1 heterocycles. The summed E-state index contributed by atoms with van der Waals surface area (Å²) in [5.74, 6) is -0.243. The number of nitrogens with one attached hydrogen (secondary N) is 2. The van der Waals surface area contributed by atoms with Crippen molar-refractivity contribution in [3.05, 3.63) is 87.1 Å².